The Morgan fingerprint density at radius 1 is 1.33 bits per heavy atom. The van der Waals surface area contributed by atoms with E-state index in [0.717, 1.165) is 11.3 Å². The van der Waals surface area contributed by atoms with Gasteiger partial charge in [0, 0.05) is 6.42 Å². The lowest BCUT2D eigenvalue weighted by atomic mass is 10.1. The van der Waals surface area contributed by atoms with Crippen LogP contribution in [-0.2, 0) is 13.0 Å². The highest BCUT2D eigenvalue weighted by Gasteiger charge is 2.18. The highest BCUT2D eigenvalue weighted by Crippen LogP contribution is 2.17. The smallest absolute Gasteiger partial charge is 0.358 e. The summed E-state index contributed by atoms with van der Waals surface area (Å²) < 4.78 is 6.78. The van der Waals surface area contributed by atoms with Crippen LogP contribution in [0.3, 0.4) is 0 Å². The van der Waals surface area contributed by atoms with Gasteiger partial charge >= 0.3 is 5.97 Å². The number of hydrogen-bond donors (Lipinski definition) is 2. The van der Waals surface area contributed by atoms with Gasteiger partial charge in [0.2, 0.25) is 0 Å². The van der Waals surface area contributed by atoms with Gasteiger partial charge in [0.1, 0.15) is 5.75 Å². The molecule has 2 N–H and O–H groups in total. The summed E-state index contributed by atoms with van der Waals surface area (Å²) in [5, 5.41) is 25.6. The Morgan fingerprint density at radius 2 is 2.05 bits per heavy atom. The quantitative estimate of drug-likeness (QED) is 0.788. The number of hydrogen-bond acceptors (Lipinski definition) is 5. The molecule has 2 aromatic rings. The standard InChI is InChI=1S/C14H17N3O4/c1-2-21-11-5-3-10(4-6-11)9-12-13(14(19)20)15-16-17(12)7-8-18/h3-6,18H,2,7-9H2,1H3,(H,19,20). The summed E-state index contributed by atoms with van der Waals surface area (Å²) in [6.07, 6.45) is 0.376. The van der Waals surface area contributed by atoms with E-state index >= 15 is 0 Å². The molecule has 0 saturated carbocycles. The van der Waals surface area contributed by atoms with Crippen LogP contribution in [-0.4, -0.2) is 44.4 Å². The number of carboxylic acid groups (broad SMARTS) is 1. The van der Waals surface area contributed by atoms with Gasteiger partial charge in [-0.2, -0.15) is 0 Å². The molecule has 7 heteroatoms. The number of carboxylic acids is 1. The lowest BCUT2D eigenvalue weighted by Crippen LogP contribution is -2.11. The molecule has 0 spiro atoms. The third-order valence-corrected chi connectivity index (χ3v) is 2.96. The van der Waals surface area contributed by atoms with Gasteiger partial charge < -0.3 is 14.9 Å². The first-order valence-corrected chi connectivity index (χ1v) is 6.64. The number of benzene rings is 1. The van der Waals surface area contributed by atoms with Crippen LogP contribution in [0.25, 0.3) is 0 Å². The second-order valence-corrected chi connectivity index (χ2v) is 4.39. The van der Waals surface area contributed by atoms with Gasteiger partial charge in [-0.25, -0.2) is 9.48 Å². The topological polar surface area (TPSA) is 97.5 Å². The summed E-state index contributed by atoms with van der Waals surface area (Å²) >= 11 is 0. The van der Waals surface area contributed by atoms with E-state index in [0.29, 0.717) is 18.7 Å². The maximum atomic E-state index is 11.2. The number of aliphatic hydroxyl groups is 1. The minimum atomic E-state index is -1.12. The molecule has 7 nitrogen and oxygen atoms in total. The molecule has 0 aliphatic carbocycles. The molecule has 21 heavy (non-hydrogen) atoms. The lowest BCUT2D eigenvalue weighted by Gasteiger charge is -2.07. The Morgan fingerprint density at radius 3 is 2.62 bits per heavy atom. The van der Waals surface area contributed by atoms with Gasteiger partial charge in [-0.05, 0) is 24.6 Å². The summed E-state index contributed by atoms with van der Waals surface area (Å²) in [6.45, 7) is 2.59. The van der Waals surface area contributed by atoms with Crippen LogP contribution in [0.1, 0.15) is 28.7 Å². The molecular formula is C14H17N3O4. The number of nitrogens with zero attached hydrogens (tertiary/aromatic N) is 3. The molecule has 1 aromatic carbocycles. The third kappa shape index (κ3) is 3.57. The number of aromatic nitrogens is 3. The molecule has 0 radical (unpaired) electrons. The van der Waals surface area contributed by atoms with Crippen molar-refractivity contribution >= 4 is 5.97 Å². The molecule has 1 heterocycles. The fraction of sp³-hybridized carbons (Fsp3) is 0.357. The zero-order valence-electron chi connectivity index (χ0n) is 11.7. The summed E-state index contributed by atoms with van der Waals surface area (Å²) in [6, 6.07) is 7.40. The first kappa shape index (κ1) is 15.0. The Labute approximate surface area is 121 Å². The monoisotopic (exact) mass is 291 g/mol. The summed E-state index contributed by atoms with van der Waals surface area (Å²) in [7, 11) is 0. The van der Waals surface area contributed by atoms with E-state index in [9.17, 15) is 4.79 Å². The second kappa shape index (κ2) is 6.85. The van der Waals surface area contributed by atoms with Crippen LogP contribution in [0.15, 0.2) is 24.3 Å². The molecule has 0 saturated heterocycles. The van der Waals surface area contributed by atoms with Gasteiger partial charge in [0.15, 0.2) is 5.69 Å². The molecule has 0 atom stereocenters. The molecule has 1 aromatic heterocycles. The highest BCUT2D eigenvalue weighted by molar-refractivity contribution is 5.86. The third-order valence-electron chi connectivity index (χ3n) is 2.96. The van der Waals surface area contributed by atoms with Crippen molar-refractivity contribution in [2.75, 3.05) is 13.2 Å². The number of rotatable bonds is 7. The van der Waals surface area contributed by atoms with E-state index in [-0.39, 0.29) is 18.8 Å². The summed E-state index contributed by atoms with van der Waals surface area (Å²) in [4.78, 5) is 11.2. The van der Waals surface area contributed by atoms with E-state index in [1.54, 1.807) is 0 Å². The van der Waals surface area contributed by atoms with E-state index in [1.807, 2.05) is 31.2 Å². The SMILES string of the molecule is CCOc1ccc(Cc2c(C(=O)O)nnn2CCO)cc1. The van der Waals surface area contributed by atoms with Crippen molar-refractivity contribution in [2.45, 2.75) is 19.9 Å². The molecule has 0 amide bonds. The maximum Gasteiger partial charge on any atom is 0.358 e. The highest BCUT2D eigenvalue weighted by atomic mass is 16.5. The van der Waals surface area contributed by atoms with E-state index in [2.05, 4.69) is 10.3 Å². The van der Waals surface area contributed by atoms with Crippen LogP contribution in [0, 0.1) is 0 Å². The normalized spacial score (nSPS) is 10.6. The number of ether oxygens (including phenoxy) is 1. The van der Waals surface area contributed by atoms with Crippen molar-refractivity contribution in [3.8, 4) is 5.75 Å². The molecular weight excluding hydrogens is 274 g/mol. The average Bonchev–Trinajstić information content (AvgIpc) is 2.85. The van der Waals surface area contributed by atoms with E-state index < -0.39 is 5.97 Å². The molecule has 0 unspecified atom stereocenters. The van der Waals surface area contributed by atoms with Gasteiger partial charge in [0.25, 0.3) is 0 Å². The molecule has 0 aliphatic rings. The summed E-state index contributed by atoms with van der Waals surface area (Å²) in [5.74, 6) is -0.359. The number of aromatic carboxylic acids is 1. The van der Waals surface area contributed by atoms with Crippen molar-refractivity contribution in [3.05, 3.63) is 41.2 Å². The molecule has 0 aliphatic heterocycles. The molecule has 0 fully saturated rings. The van der Waals surface area contributed by atoms with Gasteiger partial charge in [0.05, 0.1) is 25.5 Å². The molecule has 2 rings (SSSR count). The Hall–Kier alpha value is -2.41. The average molecular weight is 291 g/mol. The minimum absolute atomic E-state index is 0.0858. The zero-order chi connectivity index (χ0) is 15.2. The fourth-order valence-electron chi connectivity index (χ4n) is 2.01. The minimum Gasteiger partial charge on any atom is -0.494 e. The van der Waals surface area contributed by atoms with Crippen LogP contribution in [0.2, 0.25) is 0 Å². The zero-order valence-corrected chi connectivity index (χ0v) is 11.7. The predicted octanol–water partition coefficient (Wildman–Crippen LogP) is 0.958. The predicted molar refractivity (Wildman–Crippen MR) is 74.5 cm³/mol. The fourth-order valence-corrected chi connectivity index (χ4v) is 2.01. The van der Waals surface area contributed by atoms with Crippen LogP contribution >= 0.6 is 0 Å². The lowest BCUT2D eigenvalue weighted by molar-refractivity contribution is 0.0689. The number of carbonyl (C=O) groups is 1. The Kier molecular flexibility index (Phi) is 4.89. The molecule has 112 valence electrons. The van der Waals surface area contributed by atoms with E-state index in [4.69, 9.17) is 14.9 Å². The van der Waals surface area contributed by atoms with Crippen molar-refractivity contribution in [1.29, 1.82) is 0 Å². The van der Waals surface area contributed by atoms with Gasteiger partial charge in [-0.3, -0.25) is 0 Å². The van der Waals surface area contributed by atoms with Crippen molar-refractivity contribution in [3.63, 3.8) is 0 Å². The van der Waals surface area contributed by atoms with Crippen molar-refractivity contribution < 1.29 is 19.7 Å². The van der Waals surface area contributed by atoms with Gasteiger partial charge in [-0.1, -0.05) is 17.3 Å². The van der Waals surface area contributed by atoms with Crippen molar-refractivity contribution in [1.82, 2.24) is 15.0 Å². The first-order valence-electron chi connectivity index (χ1n) is 6.64. The number of aliphatic hydroxyl groups excluding tert-OH is 1. The first-order chi connectivity index (χ1) is 10.2. The Balaban J connectivity index is 2.24. The molecule has 0 bridgehead atoms. The summed E-state index contributed by atoms with van der Waals surface area (Å²) in [5.41, 5.74) is 1.31. The van der Waals surface area contributed by atoms with Gasteiger partial charge in [-0.15, -0.1) is 5.10 Å². The van der Waals surface area contributed by atoms with E-state index in [1.165, 1.54) is 4.68 Å². The van der Waals surface area contributed by atoms with Crippen LogP contribution in [0.5, 0.6) is 5.75 Å². The van der Waals surface area contributed by atoms with Crippen molar-refractivity contribution in [2.24, 2.45) is 0 Å². The second-order valence-electron chi connectivity index (χ2n) is 4.39. The largest absolute Gasteiger partial charge is 0.494 e. The van der Waals surface area contributed by atoms with Crippen LogP contribution < -0.4 is 4.74 Å². The Bertz CT molecular complexity index is 607. The maximum absolute atomic E-state index is 11.2. The van der Waals surface area contributed by atoms with Crippen LogP contribution in [0.4, 0.5) is 0 Å².